The number of benzene rings is 1. The topological polar surface area (TPSA) is 101 Å². The molecule has 0 saturated carbocycles. The first-order valence-electron chi connectivity index (χ1n) is 8.28. The highest BCUT2D eigenvalue weighted by atomic mass is 35.5. The van der Waals surface area contributed by atoms with E-state index in [9.17, 15) is 9.59 Å². The normalized spacial score (nSPS) is 10.4. The minimum atomic E-state index is -0.426. The molecule has 2 heterocycles. The Morgan fingerprint density at radius 1 is 1.00 bits per heavy atom. The zero-order chi connectivity index (χ0) is 19.9. The molecule has 10 heteroatoms. The number of halogens is 2. The van der Waals surface area contributed by atoms with Crippen LogP contribution in [-0.4, -0.2) is 39.8 Å². The SMILES string of the molecule is O=C(NCCNC(=O)c1ccc(Cl)c(Cl)c1)Nc1cccnc1-n1cccn1. The fraction of sp³-hybridized carbons (Fsp3) is 0.111. The van der Waals surface area contributed by atoms with Gasteiger partial charge in [-0.05, 0) is 36.4 Å². The summed E-state index contributed by atoms with van der Waals surface area (Å²) in [6.07, 6.45) is 4.96. The lowest BCUT2D eigenvalue weighted by molar-refractivity contribution is 0.0954. The maximum Gasteiger partial charge on any atom is 0.319 e. The number of rotatable bonds is 6. The van der Waals surface area contributed by atoms with Gasteiger partial charge in [0, 0.05) is 37.2 Å². The molecule has 0 saturated heterocycles. The quantitative estimate of drug-likeness (QED) is 0.535. The van der Waals surface area contributed by atoms with Crippen LogP contribution < -0.4 is 16.0 Å². The van der Waals surface area contributed by atoms with E-state index in [1.807, 2.05) is 0 Å². The summed E-state index contributed by atoms with van der Waals surface area (Å²) in [5, 5.41) is 12.9. The Hall–Kier alpha value is -3.10. The summed E-state index contributed by atoms with van der Waals surface area (Å²) in [5.41, 5.74) is 0.890. The number of carbonyl (C=O) groups is 2. The van der Waals surface area contributed by atoms with Crippen molar-refractivity contribution in [2.75, 3.05) is 18.4 Å². The molecule has 0 aliphatic carbocycles. The second-order valence-corrected chi connectivity index (χ2v) is 6.41. The summed E-state index contributed by atoms with van der Waals surface area (Å²) in [4.78, 5) is 28.4. The van der Waals surface area contributed by atoms with Gasteiger partial charge in [0.2, 0.25) is 0 Å². The van der Waals surface area contributed by atoms with E-state index in [0.29, 0.717) is 27.1 Å². The van der Waals surface area contributed by atoms with Crippen LogP contribution in [0.25, 0.3) is 5.82 Å². The van der Waals surface area contributed by atoms with Crippen molar-refractivity contribution in [2.24, 2.45) is 0 Å². The fourth-order valence-electron chi connectivity index (χ4n) is 2.33. The maximum absolute atomic E-state index is 12.1. The van der Waals surface area contributed by atoms with Gasteiger partial charge in [-0.15, -0.1) is 0 Å². The van der Waals surface area contributed by atoms with Crippen LogP contribution in [0.1, 0.15) is 10.4 Å². The van der Waals surface area contributed by atoms with Gasteiger partial charge in [0.15, 0.2) is 5.82 Å². The van der Waals surface area contributed by atoms with Gasteiger partial charge < -0.3 is 16.0 Å². The Kier molecular flexibility index (Phi) is 6.46. The number of carbonyl (C=O) groups excluding carboxylic acids is 2. The summed E-state index contributed by atoms with van der Waals surface area (Å²) < 4.78 is 1.55. The minimum Gasteiger partial charge on any atom is -0.350 e. The molecule has 2 aromatic heterocycles. The predicted molar refractivity (Wildman–Crippen MR) is 107 cm³/mol. The number of hydrogen-bond acceptors (Lipinski definition) is 4. The third-order valence-electron chi connectivity index (χ3n) is 3.63. The molecule has 0 fully saturated rings. The number of amides is 3. The summed E-state index contributed by atoms with van der Waals surface area (Å²) >= 11 is 11.7. The van der Waals surface area contributed by atoms with Crippen molar-refractivity contribution in [2.45, 2.75) is 0 Å². The second-order valence-electron chi connectivity index (χ2n) is 5.59. The molecule has 3 N–H and O–H groups in total. The smallest absolute Gasteiger partial charge is 0.319 e. The number of urea groups is 1. The summed E-state index contributed by atoms with van der Waals surface area (Å²) in [7, 11) is 0. The molecule has 3 aromatic rings. The number of nitrogens with one attached hydrogen (secondary N) is 3. The molecular weight excluding hydrogens is 403 g/mol. The molecule has 0 aliphatic heterocycles. The van der Waals surface area contributed by atoms with Gasteiger partial charge in [-0.2, -0.15) is 5.10 Å². The van der Waals surface area contributed by atoms with Crippen LogP contribution in [0.15, 0.2) is 55.0 Å². The van der Waals surface area contributed by atoms with Crippen molar-refractivity contribution >= 4 is 40.8 Å². The zero-order valence-corrected chi connectivity index (χ0v) is 16.0. The van der Waals surface area contributed by atoms with Gasteiger partial charge in [-0.1, -0.05) is 23.2 Å². The highest BCUT2D eigenvalue weighted by molar-refractivity contribution is 6.42. The van der Waals surface area contributed by atoms with Crippen LogP contribution in [0, 0.1) is 0 Å². The van der Waals surface area contributed by atoms with E-state index < -0.39 is 6.03 Å². The molecule has 0 spiro atoms. The molecule has 8 nitrogen and oxygen atoms in total. The van der Waals surface area contributed by atoms with Gasteiger partial charge in [0.1, 0.15) is 0 Å². The van der Waals surface area contributed by atoms with Crippen LogP contribution in [0.2, 0.25) is 10.0 Å². The standard InChI is InChI=1S/C18H16Cl2N6O2/c19-13-5-4-12(11-14(13)20)17(27)22-8-9-23-18(28)25-15-3-1-6-21-16(15)26-10-2-7-24-26/h1-7,10-11H,8-9H2,(H,22,27)(H2,23,25,28). The van der Waals surface area contributed by atoms with Gasteiger partial charge in [0.05, 0.1) is 15.7 Å². The first kappa shape index (κ1) is 19.7. The molecule has 0 radical (unpaired) electrons. The third kappa shape index (κ3) is 4.99. The molecule has 0 atom stereocenters. The molecule has 0 aliphatic rings. The lowest BCUT2D eigenvalue weighted by Crippen LogP contribution is -2.37. The molecule has 28 heavy (non-hydrogen) atoms. The van der Waals surface area contributed by atoms with Crippen molar-refractivity contribution in [1.29, 1.82) is 0 Å². The van der Waals surface area contributed by atoms with E-state index in [0.717, 1.165) is 0 Å². The van der Waals surface area contributed by atoms with Crippen molar-refractivity contribution in [1.82, 2.24) is 25.4 Å². The Balaban J connectivity index is 1.48. The Morgan fingerprint density at radius 3 is 2.57 bits per heavy atom. The summed E-state index contributed by atoms with van der Waals surface area (Å²) in [6.45, 7) is 0.474. The summed E-state index contributed by atoms with van der Waals surface area (Å²) in [5.74, 6) is 0.185. The predicted octanol–water partition coefficient (Wildman–Crippen LogP) is 3.13. The lowest BCUT2D eigenvalue weighted by Gasteiger charge is -2.11. The van der Waals surface area contributed by atoms with E-state index >= 15 is 0 Å². The van der Waals surface area contributed by atoms with E-state index in [1.165, 1.54) is 6.07 Å². The average molecular weight is 419 g/mol. The van der Waals surface area contributed by atoms with Crippen LogP contribution in [0.5, 0.6) is 0 Å². The minimum absolute atomic E-state index is 0.232. The van der Waals surface area contributed by atoms with Crippen LogP contribution in [-0.2, 0) is 0 Å². The fourth-order valence-corrected chi connectivity index (χ4v) is 2.63. The number of anilines is 1. The van der Waals surface area contributed by atoms with Crippen LogP contribution in [0.3, 0.4) is 0 Å². The molecule has 3 amide bonds. The Labute approximate surface area is 170 Å². The summed E-state index contributed by atoms with van der Waals surface area (Å²) in [6, 6.07) is 9.37. The highest BCUT2D eigenvalue weighted by Crippen LogP contribution is 2.22. The Bertz CT molecular complexity index is 978. The number of aromatic nitrogens is 3. The number of pyridine rings is 1. The highest BCUT2D eigenvalue weighted by Gasteiger charge is 2.10. The van der Waals surface area contributed by atoms with E-state index in [-0.39, 0.29) is 19.0 Å². The van der Waals surface area contributed by atoms with Crippen molar-refractivity contribution in [3.63, 3.8) is 0 Å². The van der Waals surface area contributed by atoms with Crippen LogP contribution >= 0.6 is 23.2 Å². The number of hydrogen-bond donors (Lipinski definition) is 3. The zero-order valence-electron chi connectivity index (χ0n) is 14.5. The van der Waals surface area contributed by atoms with Crippen molar-refractivity contribution in [3.05, 3.63) is 70.6 Å². The molecule has 0 bridgehead atoms. The lowest BCUT2D eigenvalue weighted by atomic mass is 10.2. The van der Waals surface area contributed by atoms with Gasteiger partial charge in [0.25, 0.3) is 5.91 Å². The molecule has 0 unspecified atom stereocenters. The Morgan fingerprint density at radius 2 is 1.82 bits per heavy atom. The van der Waals surface area contributed by atoms with E-state index in [4.69, 9.17) is 23.2 Å². The van der Waals surface area contributed by atoms with Crippen LogP contribution in [0.4, 0.5) is 10.5 Å². The third-order valence-corrected chi connectivity index (χ3v) is 4.37. The number of nitrogens with zero attached hydrogens (tertiary/aromatic N) is 3. The van der Waals surface area contributed by atoms with Gasteiger partial charge in [-0.3, -0.25) is 4.79 Å². The first-order chi connectivity index (χ1) is 13.5. The molecule has 1 aromatic carbocycles. The second kappa shape index (κ2) is 9.20. The molecular formula is C18H16Cl2N6O2. The first-order valence-corrected chi connectivity index (χ1v) is 9.03. The van der Waals surface area contributed by atoms with E-state index in [1.54, 1.807) is 53.6 Å². The average Bonchev–Trinajstić information content (AvgIpc) is 3.22. The van der Waals surface area contributed by atoms with Crippen molar-refractivity contribution in [3.8, 4) is 5.82 Å². The monoisotopic (exact) mass is 418 g/mol. The maximum atomic E-state index is 12.1. The van der Waals surface area contributed by atoms with Gasteiger partial charge >= 0.3 is 6.03 Å². The molecule has 3 rings (SSSR count). The molecule has 144 valence electrons. The van der Waals surface area contributed by atoms with Gasteiger partial charge in [-0.25, -0.2) is 14.5 Å². The van der Waals surface area contributed by atoms with E-state index in [2.05, 4.69) is 26.0 Å². The largest absolute Gasteiger partial charge is 0.350 e. The van der Waals surface area contributed by atoms with Crippen molar-refractivity contribution < 1.29 is 9.59 Å².